The number of carbonyl (C=O) groups excluding carboxylic acids is 1. The molecule has 0 radical (unpaired) electrons. The maximum Gasteiger partial charge on any atom is 0.257 e. The Labute approximate surface area is 181 Å². The van der Waals surface area contributed by atoms with Crippen LogP contribution in [0.15, 0.2) is 66.0 Å². The van der Waals surface area contributed by atoms with E-state index in [1.165, 1.54) is 12.1 Å². The summed E-state index contributed by atoms with van der Waals surface area (Å²) in [6.45, 7) is 2.62. The number of hydrogen-bond acceptors (Lipinski definition) is 5. The minimum atomic E-state index is -0.535. The summed E-state index contributed by atoms with van der Waals surface area (Å²) < 4.78 is 16.1. The van der Waals surface area contributed by atoms with Crippen molar-refractivity contribution < 1.29 is 9.18 Å². The van der Waals surface area contributed by atoms with Gasteiger partial charge in [0.1, 0.15) is 5.82 Å². The Morgan fingerprint density at radius 1 is 1.10 bits per heavy atom. The van der Waals surface area contributed by atoms with E-state index < -0.39 is 5.82 Å². The van der Waals surface area contributed by atoms with Crippen LogP contribution in [0.25, 0.3) is 16.6 Å². The van der Waals surface area contributed by atoms with Crippen molar-refractivity contribution in [2.45, 2.75) is 20.0 Å². The van der Waals surface area contributed by atoms with Crippen molar-refractivity contribution in [2.75, 3.05) is 0 Å². The van der Waals surface area contributed by atoms with Crippen LogP contribution >= 0.6 is 11.3 Å². The fourth-order valence-corrected chi connectivity index (χ4v) is 4.51. The maximum absolute atomic E-state index is 14.4. The van der Waals surface area contributed by atoms with Gasteiger partial charge in [-0.05, 0) is 52.6 Å². The number of fused-ring (bicyclic) bond motifs is 3. The Morgan fingerprint density at radius 3 is 2.77 bits per heavy atom. The molecule has 0 aliphatic heterocycles. The molecule has 6 nitrogen and oxygen atoms in total. The summed E-state index contributed by atoms with van der Waals surface area (Å²) in [5, 5.41) is 15.2. The van der Waals surface area contributed by atoms with Crippen LogP contribution < -0.4 is 0 Å². The van der Waals surface area contributed by atoms with Crippen LogP contribution in [0.2, 0.25) is 0 Å². The van der Waals surface area contributed by atoms with Crippen molar-refractivity contribution in [1.29, 1.82) is 0 Å². The number of hydrogen-bond donors (Lipinski definition) is 0. The van der Waals surface area contributed by atoms with Gasteiger partial charge < -0.3 is 4.90 Å². The Bertz CT molecular complexity index is 1400. The number of para-hydroxylation sites is 1. The van der Waals surface area contributed by atoms with E-state index in [9.17, 15) is 9.18 Å². The van der Waals surface area contributed by atoms with Crippen LogP contribution in [0.1, 0.15) is 26.4 Å². The number of aryl methyl sites for hydroxylation is 1. The summed E-state index contributed by atoms with van der Waals surface area (Å²) in [4.78, 5) is 16.0. The molecule has 2 aromatic carbocycles. The fourth-order valence-electron chi connectivity index (χ4n) is 3.79. The first-order valence-electron chi connectivity index (χ1n) is 9.77. The van der Waals surface area contributed by atoms with Crippen LogP contribution in [0.4, 0.5) is 4.39 Å². The molecule has 0 bridgehead atoms. The van der Waals surface area contributed by atoms with Crippen LogP contribution in [0.3, 0.4) is 0 Å². The molecular weight excluding hydrogens is 413 g/mol. The predicted molar refractivity (Wildman–Crippen MR) is 117 cm³/mol. The smallest absolute Gasteiger partial charge is 0.257 e. The standard InChI is InChI=1S/C23H18FN5OS/c1-15-6-4-7-16-12-17(22-25-26-27-29(22)21(15)16)13-28(14-18-8-5-11-31-18)23(30)19-9-2-3-10-20(19)24/h2-12H,13-14H2,1H3. The maximum atomic E-state index is 14.4. The molecule has 3 heterocycles. The molecule has 3 aromatic heterocycles. The first-order chi connectivity index (χ1) is 15.1. The number of benzene rings is 2. The zero-order valence-corrected chi connectivity index (χ0v) is 17.5. The van der Waals surface area contributed by atoms with Gasteiger partial charge in [-0.15, -0.1) is 16.4 Å². The molecule has 1 amide bonds. The number of nitrogens with zero attached hydrogens (tertiary/aromatic N) is 5. The topological polar surface area (TPSA) is 63.4 Å². The number of aromatic nitrogens is 4. The molecule has 0 atom stereocenters. The van der Waals surface area contributed by atoms with Gasteiger partial charge in [-0.1, -0.05) is 36.4 Å². The third-order valence-corrected chi connectivity index (χ3v) is 6.11. The molecule has 0 saturated carbocycles. The molecule has 0 fully saturated rings. The van der Waals surface area contributed by atoms with Gasteiger partial charge in [0.2, 0.25) is 0 Å². The zero-order chi connectivity index (χ0) is 21.4. The monoisotopic (exact) mass is 431 g/mol. The Hall–Kier alpha value is -3.65. The van der Waals surface area contributed by atoms with E-state index >= 15 is 0 Å². The third kappa shape index (κ3) is 3.55. The molecule has 0 N–H and O–H groups in total. The van der Waals surface area contributed by atoms with Gasteiger partial charge in [-0.3, -0.25) is 4.79 Å². The van der Waals surface area contributed by atoms with Crippen molar-refractivity contribution in [3.63, 3.8) is 0 Å². The quantitative estimate of drug-likeness (QED) is 0.407. The summed E-state index contributed by atoms with van der Waals surface area (Å²) >= 11 is 1.56. The Balaban J connectivity index is 1.60. The highest BCUT2D eigenvalue weighted by Crippen LogP contribution is 2.25. The minimum Gasteiger partial charge on any atom is -0.329 e. The normalized spacial score (nSPS) is 11.3. The van der Waals surface area contributed by atoms with Gasteiger partial charge >= 0.3 is 0 Å². The lowest BCUT2D eigenvalue weighted by Gasteiger charge is -2.23. The van der Waals surface area contributed by atoms with Crippen molar-refractivity contribution in [1.82, 2.24) is 24.9 Å². The van der Waals surface area contributed by atoms with E-state index in [2.05, 4.69) is 15.5 Å². The summed E-state index contributed by atoms with van der Waals surface area (Å²) in [6, 6.07) is 17.9. The molecule has 0 saturated heterocycles. The van der Waals surface area contributed by atoms with E-state index in [-0.39, 0.29) is 18.0 Å². The van der Waals surface area contributed by atoms with E-state index in [1.54, 1.807) is 32.9 Å². The van der Waals surface area contributed by atoms with Gasteiger partial charge in [0.25, 0.3) is 5.91 Å². The van der Waals surface area contributed by atoms with Gasteiger partial charge in [0, 0.05) is 15.8 Å². The highest BCUT2D eigenvalue weighted by atomic mass is 32.1. The lowest BCUT2D eigenvalue weighted by molar-refractivity contribution is 0.0727. The molecule has 0 spiro atoms. The zero-order valence-electron chi connectivity index (χ0n) is 16.7. The second-order valence-corrected chi connectivity index (χ2v) is 8.35. The largest absolute Gasteiger partial charge is 0.329 e. The number of halogens is 1. The van der Waals surface area contributed by atoms with Crippen LogP contribution in [-0.2, 0) is 13.1 Å². The average molecular weight is 431 g/mol. The number of rotatable bonds is 5. The van der Waals surface area contributed by atoms with Crippen LogP contribution in [0.5, 0.6) is 0 Å². The van der Waals surface area contributed by atoms with E-state index in [1.807, 2.05) is 48.7 Å². The molecule has 5 aromatic rings. The summed E-state index contributed by atoms with van der Waals surface area (Å²) in [5.74, 6) is -0.909. The summed E-state index contributed by atoms with van der Waals surface area (Å²) in [5.41, 5.74) is 3.41. The summed E-state index contributed by atoms with van der Waals surface area (Å²) in [6.07, 6.45) is 0. The number of pyridine rings is 1. The lowest BCUT2D eigenvalue weighted by atomic mass is 10.1. The Morgan fingerprint density at radius 2 is 1.97 bits per heavy atom. The molecule has 0 aliphatic carbocycles. The molecule has 154 valence electrons. The van der Waals surface area contributed by atoms with Gasteiger partial charge in [0.15, 0.2) is 5.65 Å². The lowest BCUT2D eigenvalue weighted by Crippen LogP contribution is -2.30. The van der Waals surface area contributed by atoms with Gasteiger partial charge in [0.05, 0.1) is 24.2 Å². The third-order valence-electron chi connectivity index (χ3n) is 5.25. The van der Waals surface area contributed by atoms with Crippen molar-refractivity contribution in [2.24, 2.45) is 0 Å². The van der Waals surface area contributed by atoms with E-state index in [0.717, 1.165) is 26.9 Å². The molecule has 0 unspecified atom stereocenters. The molecule has 0 aliphatic rings. The SMILES string of the molecule is Cc1cccc2cc(CN(Cc3cccs3)C(=O)c3ccccc3F)c3nnnn3c12. The molecular formula is C23H18FN5OS. The van der Waals surface area contributed by atoms with Crippen LogP contribution in [0, 0.1) is 12.7 Å². The van der Waals surface area contributed by atoms with E-state index in [4.69, 9.17) is 0 Å². The van der Waals surface area contributed by atoms with Crippen molar-refractivity contribution >= 4 is 33.8 Å². The minimum absolute atomic E-state index is 0.0475. The summed E-state index contributed by atoms with van der Waals surface area (Å²) in [7, 11) is 0. The number of carbonyl (C=O) groups is 1. The number of tetrazole rings is 1. The second kappa shape index (κ2) is 7.88. The van der Waals surface area contributed by atoms with Gasteiger partial charge in [-0.25, -0.2) is 4.39 Å². The Kier molecular flexibility index (Phi) is 4.91. The average Bonchev–Trinajstić information content (AvgIpc) is 3.45. The van der Waals surface area contributed by atoms with Crippen LogP contribution in [-0.4, -0.2) is 30.8 Å². The fraction of sp³-hybridized carbons (Fsp3) is 0.130. The number of thiophene rings is 1. The molecule has 8 heteroatoms. The second-order valence-electron chi connectivity index (χ2n) is 7.32. The van der Waals surface area contributed by atoms with E-state index in [0.29, 0.717) is 12.2 Å². The van der Waals surface area contributed by atoms with Crippen molar-refractivity contribution in [3.05, 3.63) is 93.4 Å². The molecule has 31 heavy (non-hydrogen) atoms. The molecule has 5 rings (SSSR count). The first kappa shape index (κ1) is 19.3. The number of amides is 1. The highest BCUT2D eigenvalue weighted by Gasteiger charge is 2.22. The highest BCUT2D eigenvalue weighted by molar-refractivity contribution is 7.09. The first-order valence-corrected chi connectivity index (χ1v) is 10.7. The van der Waals surface area contributed by atoms with Crippen molar-refractivity contribution in [3.8, 4) is 0 Å². The van der Waals surface area contributed by atoms with Gasteiger partial charge in [-0.2, -0.15) is 4.52 Å². The predicted octanol–water partition coefficient (Wildman–Crippen LogP) is 4.63.